The second-order valence-corrected chi connectivity index (χ2v) is 7.18. The quantitative estimate of drug-likeness (QED) is 0.849. The molecule has 0 aliphatic heterocycles. The summed E-state index contributed by atoms with van der Waals surface area (Å²) in [6.07, 6.45) is 3.66. The number of rotatable bonds is 5. The summed E-state index contributed by atoms with van der Waals surface area (Å²) in [5.41, 5.74) is 1.82. The van der Waals surface area contributed by atoms with Crippen LogP contribution in [0.5, 0.6) is 5.75 Å². The van der Waals surface area contributed by atoms with E-state index in [1.54, 1.807) is 0 Å². The molecule has 0 bridgehead atoms. The summed E-state index contributed by atoms with van der Waals surface area (Å²) in [7, 11) is 0. The third kappa shape index (κ3) is 4.62. The van der Waals surface area contributed by atoms with E-state index in [0.29, 0.717) is 24.0 Å². The molecule has 1 N–H and O–H groups in total. The standard InChI is InChI=1S/C22H27NO2/c1-16-7-6-8-17(2)21(16)23-22(24)19-11-13-20(14-12-19)25-15-18-9-4-3-5-10-18/h3-5,9-14,16-17,21H,6-8,15H2,1-2H3,(H,23,24). The summed E-state index contributed by atoms with van der Waals surface area (Å²) in [6.45, 7) is 5.01. The second kappa shape index (κ2) is 8.19. The van der Waals surface area contributed by atoms with Gasteiger partial charge in [0.15, 0.2) is 0 Å². The molecule has 1 fully saturated rings. The van der Waals surface area contributed by atoms with Crippen LogP contribution in [-0.4, -0.2) is 11.9 Å². The highest BCUT2D eigenvalue weighted by Crippen LogP contribution is 2.29. The first-order chi connectivity index (χ1) is 12.1. The average Bonchev–Trinajstić information content (AvgIpc) is 2.64. The Kier molecular flexibility index (Phi) is 5.75. The first-order valence-electron chi connectivity index (χ1n) is 9.21. The first-order valence-corrected chi connectivity index (χ1v) is 9.21. The van der Waals surface area contributed by atoms with Gasteiger partial charge in [0, 0.05) is 11.6 Å². The summed E-state index contributed by atoms with van der Waals surface area (Å²) in [4.78, 5) is 12.5. The van der Waals surface area contributed by atoms with Crippen molar-refractivity contribution in [2.45, 2.75) is 45.8 Å². The Labute approximate surface area is 150 Å². The second-order valence-electron chi connectivity index (χ2n) is 7.18. The normalized spacial score (nSPS) is 23.0. The lowest BCUT2D eigenvalue weighted by atomic mass is 9.78. The van der Waals surface area contributed by atoms with Crippen LogP contribution in [0.2, 0.25) is 0 Å². The maximum absolute atomic E-state index is 12.5. The molecule has 0 spiro atoms. The van der Waals surface area contributed by atoms with Crippen molar-refractivity contribution < 1.29 is 9.53 Å². The van der Waals surface area contributed by atoms with Crippen LogP contribution in [0.25, 0.3) is 0 Å². The van der Waals surface area contributed by atoms with Crippen LogP contribution >= 0.6 is 0 Å². The van der Waals surface area contributed by atoms with Gasteiger partial charge in [0.1, 0.15) is 12.4 Å². The Morgan fingerprint density at radius 2 is 1.64 bits per heavy atom. The summed E-state index contributed by atoms with van der Waals surface area (Å²) in [5.74, 6) is 1.88. The minimum Gasteiger partial charge on any atom is -0.489 e. The van der Waals surface area contributed by atoms with Gasteiger partial charge < -0.3 is 10.1 Å². The molecule has 3 nitrogen and oxygen atoms in total. The molecule has 25 heavy (non-hydrogen) atoms. The lowest BCUT2D eigenvalue weighted by molar-refractivity contribution is 0.0880. The van der Waals surface area contributed by atoms with Crippen LogP contribution in [-0.2, 0) is 6.61 Å². The monoisotopic (exact) mass is 337 g/mol. The van der Waals surface area contributed by atoms with Gasteiger partial charge in [-0.05, 0) is 54.5 Å². The first kappa shape index (κ1) is 17.5. The van der Waals surface area contributed by atoms with E-state index in [1.807, 2.05) is 54.6 Å². The maximum Gasteiger partial charge on any atom is 0.251 e. The number of carbonyl (C=O) groups is 1. The van der Waals surface area contributed by atoms with Crippen molar-refractivity contribution in [3.8, 4) is 5.75 Å². The Morgan fingerprint density at radius 1 is 1.00 bits per heavy atom. The lowest BCUT2D eigenvalue weighted by Crippen LogP contribution is -2.45. The summed E-state index contributed by atoms with van der Waals surface area (Å²) in [6, 6.07) is 17.8. The van der Waals surface area contributed by atoms with Crippen LogP contribution in [0.1, 0.15) is 49.0 Å². The highest BCUT2D eigenvalue weighted by molar-refractivity contribution is 5.94. The summed E-state index contributed by atoms with van der Waals surface area (Å²) >= 11 is 0. The fourth-order valence-electron chi connectivity index (χ4n) is 3.64. The molecule has 1 aliphatic carbocycles. The predicted octanol–water partition coefficient (Wildman–Crippen LogP) is 4.82. The van der Waals surface area contributed by atoms with Crippen molar-refractivity contribution in [1.29, 1.82) is 0 Å². The molecule has 3 heteroatoms. The van der Waals surface area contributed by atoms with E-state index in [-0.39, 0.29) is 11.9 Å². The van der Waals surface area contributed by atoms with E-state index >= 15 is 0 Å². The summed E-state index contributed by atoms with van der Waals surface area (Å²) in [5, 5.41) is 3.23. The van der Waals surface area contributed by atoms with E-state index in [0.717, 1.165) is 11.3 Å². The van der Waals surface area contributed by atoms with Crippen LogP contribution in [0, 0.1) is 11.8 Å². The molecular formula is C22H27NO2. The Morgan fingerprint density at radius 3 is 2.28 bits per heavy atom. The predicted molar refractivity (Wildman–Crippen MR) is 101 cm³/mol. The highest BCUT2D eigenvalue weighted by Gasteiger charge is 2.29. The van der Waals surface area contributed by atoms with Crippen LogP contribution in [0.3, 0.4) is 0 Å². The molecule has 2 unspecified atom stereocenters. The molecule has 0 radical (unpaired) electrons. The number of benzene rings is 2. The minimum absolute atomic E-state index is 0.0141. The molecule has 0 heterocycles. The summed E-state index contributed by atoms with van der Waals surface area (Å²) < 4.78 is 5.78. The van der Waals surface area contributed by atoms with Crippen LogP contribution in [0.15, 0.2) is 54.6 Å². The number of carbonyl (C=O) groups excluding carboxylic acids is 1. The number of ether oxygens (including phenoxy) is 1. The van der Waals surface area contributed by atoms with E-state index in [2.05, 4.69) is 19.2 Å². The fraction of sp³-hybridized carbons (Fsp3) is 0.409. The van der Waals surface area contributed by atoms with Crippen molar-refractivity contribution in [2.75, 3.05) is 0 Å². The molecule has 2 atom stereocenters. The zero-order valence-electron chi connectivity index (χ0n) is 15.1. The van der Waals surface area contributed by atoms with Crippen LogP contribution < -0.4 is 10.1 Å². The Hall–Kier alpha value is -2.29. The molecule has 0 aromatic heterocycles. The van der Waals surface area contributed by atoms with Gasteiger partial charge in [-0.25, -0.2) is 0 Å². The third-order valence-electron chi connectivity index (χ3n) is 5.21. The van der Waals surface area contributed by atoms with Gasteiger partial charge in [-0.15, -0.1) is 0 Å². The van der Waals surface area contributed by atoms with Gasteiger partial charge in [0.25, 0.3) is 5.91 Å². The topological polar surface area (TPSA) is 38.3 Å². The highest BCUT2D eigenvalue weighted by atomic mass is 16.5. The van der Waals surface area contributed by atoms with Gasteiger partial charge >= 0.3 is 0 Å². The lowest BCUT2D eigenvalue weighted by Gasteiger charge is -2.35. The van der Waals surface area contributed by atoms with E-state index in [4.69, 9.17) is 4.74 Å². The zero-order valence-corrected chi connectivity index (χ0v) is 15.1. The molecule has 2 aromatic carbocycles. The van der Waals surface area contributed by atoms with Gasteiger partial charge in [0.05, 0.1) is 0 Å². The molecule has 1 aliphatic rings. The van der Waals surface area contributed by atoms with Gasteiger partial charge in [-0.2, -0.15) is 0 Å². The van der Waals surface area contributed by atoms with Crippen molar-refractivity contribution in [3.05, 3.63) is 65.7 Å². The number of hydrogen-bond donors (Lipinski definition) is 1. The molecule has 3 rings (SSSR count). The average molecular weight is 337 g/mol. The Balaban J connectivity index is 1.57. The smallest absolute Gasteiger partial charge is 0.251 e. The van der Waals surface area contributed by atoms with Crippen molar-refractivity contribution >= 4 is 5.91 Å². The molecular weight excluding hydrogens is 310 g/mol. The SMILES string of the molecule is CC1CCCC(C)C1NC(=O)c1ccc(OCc2ccccc2)cc1. The zero-order chi connectivity index (χ0) is 17.6. The van der Waals surface area contributed by atoms with Crippen LogP contribution in [0.4, 0.5) is 0 Å². The van der Waals surface area contributed by atoms with Crippen molar-refractivity contribution in [1.82, 2.24) is 5.32 Å². The van der Waals surface area contributed by atoms with E-state index < -0.39 is 0 Å². The van der Waals surface area contributed by atoms with E-state index in [9.17, 15) is 4.79 Å². The van der Waals surface area contributed by atoms with Gasteiger partial charge in [-0.3, -0.25) is 4.79 Å². The largest absolute Gasteiger partial charge is 0.489 e. The van der Waals surface area contributed by atoms with Gasteiger partial charge in [-0.1, -0.05) is 50.6 Å². The van der Waals surface area contributed by atoms with Crippen molar-refractivity contribution in [2.24, 2.45) is 11.8 Å². The minimum atomic E-state index is 0.0141. The molecule has 132 valence electrons. The number of hydrogen-bond acceptors (Lipinski definition) is 2. The molecule has 1 amide bonds. The van der Waals surface area contributed by atoms with Gasteiger partial charge in [0.2, 0.25) is 0 Å². The Bertz CT molecular complexity index is 671. The number of nitrogens with one attached hydrogen (secondary N) is 1. The number of amides is 1. The molecule has 0 saturated heterocycles. The molecule has 2 aromatic rings. The molecule has 1 saturated carbocycles. The maximum atomic E-state index is 12.5. The van der Waals surface area contributed by atoms with Crippen molar-refractivity contribution in [3.63, 3.8) is 0 Å². The van der Waals surface area contributed by atoms with E-state index in [1.165, 1.54) is 19.3 Å². The fourth-order valence-corrected chi connectivity index (χ4v) is 3.64. The third-order valence-corrected chi connectivity index (χ3v) is 5.21.